The molecule has 6 unspecified atom stereocenters. The second kappa shape index (κ2) is 13.5. The maximum absolute atomic E-state index is 12.9. The van der Waals surface area contributed by atoms with Gasteiger partial charge in [-0.1, -0.05) is 52.7 Å². The minimum Gasteiger partial charge on any atom is -0.508 e. The Bertz CT molecular complexity index is 844. The molecule has 0 aromatic heterocycles. The van der Waals surface area contributed by atoms with Gasteiger partial charge in [-0.2, -0.15) is 0 Å². The smallest absolute Gasteiger partial charge is 0.326 e. The van der Waals surface area contributed by atoms with Crippen LogP contribution in [0, 0.1) is 11.8 Å². The number of phenolic OH excluding ortho intramolecular Hbond substituents is 1. The van der Waals surface area contributed by atoms with Gasteiger partial charge in [0.05, 0.1) is 6.04 Å². The van der Waals surface area contributed by atoms with E-state index in [1.807, 2.05) is 13.8 Å². The minimum atomic E-state index is -1.14. The van der Waals surface area contributed by atoms with Gasteiger partial charge in [0.15, 0.2) is 0 Å². The molecule has 34 heavy (non-hydrogen) atoms. The zero-order valence-corrected chi connectivity index (χ0v) is 20.5. The lowest BCUT2D eigenvalue weighted by Gasteiger charge is -2.28. The predicted molar refractivity (Wildman–Crippen MR) is 128 cm³/mol. The highest BCUT2D eigenvalue weighted by Crippen LogP contribution is 2.13. The molecule has 7 N–H and O–H groups in total. The van der Waals surface area contributed by atoms with Crippen molar-refractivity contribution < 1.29 is 29.4 Å². The average molecular weight is 479 g/mol. The predicted octanol–water partition coefficient (Wildman–Crippen LogP) is 0.913. The number of benzene rings is 1. The third kappa shape index (κ3) is 8.66. The highest BCUT2D eigenvalue weighted by atomic mass is 16.4. The topological polar surface area (TPSA) is 171 Å². The molecule has 1 aromatic carbocycles. The molecule has 10 heteroatoms. The summed E-state index contributed by atoms with van der Waals surface area (Å²) in [7, 11) is 0. The number of carboxylic acid groups (broad SMARTS) is 1. The number of carbonyl (C=O) groups excluding carboxylic acids is 3. The first-order chi connectivity index (χ1) is 15.9. The molecule has 0 fully saturated rings. The Morgan fingerprint density at radius 3 is 1.82 bits per heavy atom. The van der Waals surface area contributed by atoms with Gasteiger partial charge in [-0.25, -0.2) is 4.79 Å². The molecular weight excluding hydrogens is 440 g/mol. The van der Waals surface area contributed by atoms with E-state index < -0.39 is 47.9 Å². The van der Waals surface area contributed by atoms with E-state index in [1.54, 1.807) is 26.0 Å². The van der Waals surface area contributed by atoms with Crippen molar-refractivity contribution in [1.29, 1.82) is 0 Å². The van der Waals surface area contributed by atoms with Crippen LogP contribution < -0.4 is 21.7 Å². The van der Waals surface area contributed by atoms with E-state index in [0.29, 0.717) is 12.8 Å². The fourth-order valence-electron chi connectivity index (χ4n) is 3.27. The molecule has 0 bridgehead atoms. The SMILES string of the molecule is CCC(C)C(NC(=O)C(NC(=O)C(C)NC(=O)C(N)Cc1ccc(O)cc1)C(C)CC)C(=O)O. The van der Waals surface area contributed by atoms with E-state index in [-0.39, 0.29) is 24.0 Å². The number of rotatable bonds is 13. The molecule has 6 atom stereocenters. The van der Waals surface area contributed by atoms with E-state index >= 15 is 0 Å². The van der Waals surface area contributed by atoms with Crippen molar-refractivity contribution in [2.24, 2.45) is 17.6 Å². The first-order valence-corrected chi connectivity index (χ1v) is 11.6. The van der Waals surface area contributed by atoms with Crippen molar-refractivity contribution in [3.05, 3.63) is 29.8 Å². The molecule has 0 aliphatic carbocycles. The number of hydrogen-bond donors (Lipinski definition) is 6. The van der Waals surface area contributed by atoms with Gasteiger partial charge in [-0.05, 0) is 42.9 Å². The van der Waals surface area contributed by atoms with Crippen LogP contribution >= 0.6 is 0 Å². The first kappa shape index (κ1) is 28.9. The fraction of sp³-hybridized carbons (Fsp3) is 0.583. The van der Waals surface area contributed by atoms with Crippen LogP contribution in [0.5, 0.6) is 5.75 Å². The molecule has 10 nitrogen and oxygen atoms in total. The number of nitrogens with one attached hydrogen (secondary N) is 3. The van der Waals surface area contributed by atoms with Gasteiger partial charge in [-0.15, -0.1) is 0 Å². The molecule has 0 heterocycles. The van der Waals surface area contributed by atoms with Crippen LogP contribution in [0.15, 0.2) is 24.3 Å². The highest BCUT2D eigenvalue weighted by Gasteiger charge is 2.33. The number of hydrogen-bond acceptors (Lipinski definition) is 6. The van der Waals surface area contributed by atoms with Gasteiger partial charge in [-0.3, -0.25) is 14.4 Å². The van der Waals surface area contributed by atoms with Gasteiger partial charge < -0.3 is 31.9 Å². The maximum Gasteiger partial charge on any atom is 0.326 e. The number of aromatic hydroxyl groups is 1. The Morgan fingerprint density at radius 1 is 0.824 bits per heavy atom. The second-order valence-corrected chi connectivity index (χ2v) is 8.79. The van der Waals surface area contributed by atoms with Gasteiger partial charge in [0.1, 0.15) is 23.9 Å². The van der Waals surface area contributed by atoms with Gasteiger partial charge in [0.2, 0.25) is 17.7 Å². The molecule has 0 saturated carbocycles. The number of carbonyl (C=O) groups is 4. The maximum atomic E-state index is 12.9. The van der Waals surface area contributed by atoms with Crippen LogP contribution in [-0.2, 0) is 25.6 Å². The lowest BCUT2D eigenvalue weighted by atomic mass is 9.95. The largest absolute Gasteiger partial charge is 0.508 e. The molecule has 0 saturated heterocycles. The summed E-state index contributed by atoms with van der Waals surface area (Å²) in [6, 6.07) is 2.36. The van der Waals surface area contributed by atoms with E-state index in [2.05, 4.69) is 16.0 Å². The lowest BCUT2D eigenvalue weighted by molar-refractivity contribution is -0.144. The van der Waals surface area contributed by atoms with Crippen LogP contribution in [0.2, 0.25) is 0 Å². The van der Waals surface area contributed by atoms with Crippen molar-refractivity contribution in [1.82, 2.24) is 16.0 Å². The van der Waals surface area contributed by atoms with Crippen LogP contribution in [0.1, 0.15) is 53.0 Å². The van der Waals surface area contributed by atoms with Gasteiger partial charge in [0, 0.05) is 0 Å². The van der Waals surface area contributed by atoms with Crippen molar-refractivity contribution in [3.63, 3.8) is 0 Å². The normalized spacial score (nSPS) is 16.3. The Labute approximate surface area is 200 Å². The summed E-state index contributed by atoms with van der Waals surface area (Å²) < 4.78 is 0. The Morgan fingerprint density at radius 2 is 1.32 bits per heavy atom. The zero-order chi connectivity index (χ0) is 26.0. The third-order valence-electron chi connectivity index (χ3n) is 6.05. The Kier molecular flexibility index (Phi) is 11.5. The monoisotopic (exact) mass is 478 g/mol. The molecule has 0 aliphatic heterocycles. The van der Waals surface area contributed by atoms with E-state index in [9.17, 15) is 29.4 Å². The summed E-state index contributed by atoms with van der Waals surface area (Å²) in [6.07, 6.45) is 1.34. The van der Waals surface area contributed by atoms with Crippen LogP contribution in [-0.4, -0.2) is 58.1 Å². The summed E-state index contributed by atoms with van der Waals surface area (Å²) in [5, 5.41) is 26.5. The summed E-state index contributed by atoms with van der Waals surface area (Å²) in [4.78, 5) is 49.7. The van der Waals surface area contributed by atoms with Crippen molar-refractivity contribution in [2.75, 3.05) is 0 Å². The molecule has 190 valence electrons. The number of phenols is 1. The summed E-state index contributed by atoms with van der Waals surface area (Å²) in [5.74, 6) is -3.30. The molecule has 0 spiro atoms. The standard InChI is InChI=1S/C24H38N4O6/c1-6-13(3)19(23(32)28-20(24(33)34)14(4)7-2)27-21(30)15(5)26-22(31)18(25)12-16-8-10-17(29)11-9-16/h8-11,13-15,18-20,29H,6-7,12,25H2,1-5H3,(H,26,31)(H,27,30)(H,28,32)(H,33,34). The van der Waals surface area contributed by atoms with E-state index in [4.69, 9.17) is 5.73 Å². The van der Waals surface area contributed by atoms with Gasteiger partial charge in [0.25, 0.3) is 0 Å². The summed E-state index contributed by atoms with van der Waals surface area (Å²) >= 11 is 0. The van der Waals surface area contributed by atoms with E-state index in [0.717, 1.165) is 5.56 Å². The zero-order valence-electron chi connectivity index (χ0n) is 20.5. The highest BCUT2D eigenvalue weighted by molar-refractivity contribution is 5.94. The Hall–Kier alpha value is -3.14. The molecule has 0 aliphatic rings. The number of aliphatic carboxylic acids is 1. The average Bonchev–Trinajstić information content (AvgIpc) is 2.80. The van der Waals surface area contributed by atoms with Crippen molar-refractivity contribution >= 4 is 23.7 Å². The summed E-state index contributed by atoms with van der Waals surface area (Å²) in [6.45, 7) is 8.67. The van der Waals surface area contributed by atoms with Crippen LogP contribution in [0.4, 0.5) is 0 Å². The quantitative estimate of drug-likeness (QED) is 0.245. The third-order valence-corrected chi connectivity index (χ3v) is 6.05. The number of nitrogens with two attached hydrogens (primary N) is 1. The van der Waals surface area contributed by atoms with Crippen LogP contribution in [0.3, 0.4) is 0 Å². The van der Waals surface area contributed by atoms with Crippen molar-refractivity contribution in [2.45, 2.75) is 78.0 Å². The molecule has 0 radical (unpaired) electrons. The minimum absolute atomic E-state index is 0.103. The lowest BCUT2D eigenvalue weighted by Crippen LogP contribution is -2.58. The second-order valence-electron chi connectivity index (χ2n) is 8.79. The number of carboxylic acids is 1. The number of amides is 3. The van der Waals surface area contributed by atoms with E-state index in [1.165, 1.54) is 19.1 Å². The molecule has 1 rings (SSSR count). The van der Waals surface area contributed by atoms with Gasteiger partial charge >= 0.3 is 5.97 Å². The molecule has 3 amide bonds. The van der Waals surface area contributed by atoms with Crippen molar-refractivity contribution in [3.8, 4) is 5.75 Å². The Balaban J connectivity index is 2.79. The fourth-order valence-corrected chi connectivity index (χ4v) is 3.27. The van der Waals surface area contributed by atoms with Crippen LogP contribution in [0.25, 0.3) is 0 Å². The molecule has 1 aromatic rings. The summed E-state index contributed by atoms with van der Waals surface area (Å²) in [5.41, 5.74) is 6.70. The first-order valence-electron chi connectivity index (χ1n) is 11.6. The molecular formula is C24H38N4O6.